The zero-order valence-corrected chi connectivity index (χ0v) is 21.7. The summed E-state index contributed by atoms with van der Waals surface area (Å²) >= 11 is 0. The molecule has 2 aromatic rings. The number of aromatic amines is 1. The Bertz CT molecular complexity index is 935. The second-order valence-corrected chi connectivity index (χ2v) is 14.3. The number of carbonyl (C=O) groups excluding carboxylic acids is 2. The van der Waals surface area contributed by atoms with Gasteiger partial charge in [0.1, 0.15) is 25.5 Å². The van der Waals surface area contributed by atoms with Crippen molar-refractivity contribution in [1.82, 2.24) is 10.3 Å². The maximum atomic E-state index is 12.7. The van der Waals surface area contributed by atoms with Crippen LogP contribution in [0, 0.1) is 0 Å². The Hall–Kier alpha value is -2.48. The SMILES string of the molecule is CC[Si](CC)(CC)c1[nH]c2ccc(OC)cc2c1C[C@H](NC(=O)OC(C)(C)C)C(=O)OC. The minimum absolute atomic E-state index is 0.309. The van der Waals surface area contributed by atoms with E-state index in [4.69, 9.17) is 14.2 Å². The third-order valence-electron chi connectivity index (χ3n) is 6.26. The van der Waals surface area contributed by atoms with Crippen molar-refractivity contribution in [3.05, 3.63) is 23.8 Å². The zero-order valence-electron chi connectivity index (χ0n) is 20.7. The van der Waals surface area contributed by atoms with E-state index in [1.807, 2.05) is 18.2 Å². The lowest BCUT2D eigenvalue weighted by Crippen LogP contribution is -2.50. The summed E-state index contributed by atoms with van der Waals surface area (Å²) in [7, 11) is 1.13. The predicted octanol–water partition coefficient (Wildman–Crippen LogP) is 4.50. The Morgan fingerprint density at radius 2 is 1.72 bits per heavy atom. The molecule has 1 aromatic carbocycles. The third kappa shape index (κ3) is 5.65. The number of nitrogens with one attached hydrogen (secondary N) is 2. The van der Waals surface area contributed by atoms with Crippen molar-refractivity contribution in [2.75, 3.05) is 14.2 Å². The molecule has 1 atom stereocenters. The molecule has 2 N–H and O–H groups in total. The highest BCUT2D eigenvalue weighted by molar-refractivity contribution is 6.91. The minimum atomic E-state index is -1.83. The van der Waals surface area contributed by atoms with Gasteiger partial charge in [-0.3, -0.25) is 0 Å². The summed E-state index contributed by atoms with van der Waals surface area (Å²) in [6.07, 6.45) is -0.333. The van der Waals surface area contributed by atoms with Gasteiger partial charge in [-0.2, -0.15) is 0 Å². The Balaban J connectivity index is 2.60. The molecule has 0 aliphatic heterocycles. The third-order valence-corrected chi connectivity index (χ3v) is 11.8. The molecule has 8 heteroatoms. The van der Waals surface area contributed by atoms with E-state index in [-0.39, 0.29) is 0 Å². The van der Waals surface area contributed by atoms with Crippen LogP contribution in [0.3, 0.4) is 0 Å². The number of aromatic nitrogens is 1. The van der Waals surface area contributed by atoms with E-state index < -0.39 is 31.8 Å². The van der Waals surface area contributed by atoms with Crippen LogP contribution in [0.25, 0.3) is 10.9 Å². The van der Waals surface area contributed by atoms with Crippen molar-refractivity contribution in [2.45, 2.75) is 77.7 Å². The molecule has 0 saturated heterocycles. The Morgan fingerprint density at radius 3 is 2.22 bits per heavy atom. The summed E-state index contributed by atoms with van der Waals surface area (Å²) in [5.41, 5.74) is 1.38. The number of hydrogen-bond acceptors (Lipinski definition) is 5. The molecule has 0 aliphatic carbocycles. The molecule has 2 rings (SSSR count). The van der Waals surface area contributed by atoms with Gasteiger partial charge < -0.3 is 24.5 Å². The number of amides is 1. The van der Waals surface area contributed by atoms with Crippen LogP contribution in [-0.2, 0) is 20.7 Å². The number of rotatable bonds is 9. The zero-order chi connectivity index (χ0) is 24.1. The number of esters is 1. The maximum absolute atomic E-state index is 12.7. The molecular weight excluding hydrogens is 424 g/mol. The van der Waals surface area contributed by atoms with Gasteiger partial charge in [0, 0.05) is 22.6 Å². The molecular formula is C24H38N2O5Si. The van der Waals surface area contributed by atoms with Crippen molar-refractivity contribution < 1.29 is 23.8 Å². The van der Waals surface area contributed by atoms with Gasteiger partial charge >= 0.3 is 12.1 Å². The molecule has 0 spiro atoms. The molecule has 0 bridgehead atoms. The summed E-state index contributed by atoms with van der Waals surface area (Å²) in [6.45, 7) is 12.1. The van der Waals surface area contributed by atoms with Gasteiger partial charge in [-0.1, -0.05) is 38.9 Å². The lowest BCUT2D eigenvalue weighted by molar-refractivity contribution is -0.143. The molecule has 1 heterocycles. The van der Waals surface area contributed by atoms with Gasteiger partial charge in [0.15, 0.2) is 0 Å². The van der Waals surface area contributed by atoms with E-state index >= 15 is 0 Å². The first kappa shape index (κ1) is 25.8. The second-order valence-electron chi connectivity index (χ2n) is 9.16. The monoisotopic (exact) mass is 462 g/mol. The number of carbonyl (C=O) groups is 2. The summed E-state index contributed by atoms with van der Waals surface area (Å²) in [6, 6.07) is 8.31. The van der Waals surface area contributed by atoms with Crippen LogP contribution >= 0.6 is 0 Å². The average Bonchev–Trinajstić information content (AvgIpc) is 3.11. The molecule has 0 fully saturated rings. The molecule has 0 aliphatic rings. The van der Waals surface area contributed by atoms with E-state index in [1.54, 1.807) is 27.9 Å². The number of H-pyrrole nitrogens is 1. The van der Waals surface area contributed by atoms with Gasteiger partial charge in [-0.25, -0.2) is 9.59 Å². The lowest BCUT2D eigenvalue weighted by Gasteiger charge is -2.29. The van der Waals surface area contributed by atoms with Crippen LogP contribution in [0.5, 0.6) is 5.75 Å². The fourth-order valence-electron chi connectivity index (χ4n) is 4.29. The Kier molecular flexibility index (Phi) is 8.39. The summed E-state index contributed by atoms with van der Waals surface area (Å²) in [4.78, 5) is 28.8. The first-order valence-electron chi connectivity index (χ1n) is 11.3. The summed E-state index contributed by atoms with van der Waals surface area (Å²) in [5, 5.41) is 4.96. The smallest absolute Gasteiger partial charge is 0.408 e. The van der Waals surface area contributed by atoms with Crippen LogP contribution < -0.4 is 15.4 Å². The molecule has 1 aromatic heterocycles. The molecule has 1 amide bonds. The standard InChI is InChI=1S/C24H38N2O5Si/c1-9-32(10-2,11-3)21-18(17-14-16(29-7)12-13-19(17)25-21)15-20(22(27)30-8)26-23(28)31-24(4,5)6/h12-14,20,25H,9-11,15H2,1-8H3,(H,26,28)/t20-/m0/s1. The van der Waals surface area contributed by atoms with Gasteiger partial charge in [0.25, 0.3) is 0 Å². The molecule has 178 valence electrons. The fraction of sp³-hybridized carbons (Fsp3) is 0.583. The van der Waals surface area contributed by atoms with E-state index in [2.05, 4.69) is 31.1 Å². The molecule has 0 radical (unpaired) electrons. The van der Waals surface area contributed by atoms with E-state index in [0.717, 1.165) is 40.3 Å². The Morgan fingerprint density at radius 1 is 1.09 bits per heavy atom. The van der Waals surface area contributed by atoms with Crippen LogP contribution in [0.15, 0.2) is 18.2 Å². The van der Waals surface area contributed by atoms with Crippen LogP contribution in [0.1, 0.15) is 47.1 Å². The lowest BCUT2D eigenvalue weighted by atomic mass is 10.0. The number of benzene rings is 1. The van der Waals surface area contributed by atoms with E-state index in [9.17, 15) is 9.59 Å². The van der Waals surface area contributed by atoms with Gasteiger partial charge in [0.2, 0.25) is 0 Å². The highest BCUT2D eigenvalue weighted by Gasteiger charge is 2.36. The van der Waals surface area contributed by atoms with E-state index in [0.29, 0.717) is 6.42 Å². The molecule has 7 nitrogen and oxygen atoms in total. The average molecular weight is 463 g/mol. The number of methoxy groups -OCH3 is 2. The minimum Gasteiger partial charge on any atom is -0.497 e. The number of fused-ring (bicyclic) bond motifs is 1. The van der Waals surface area contributed by atoms with Crippen molar-refractivity contribution in [1.29, 1.82) is 0 Å². The number of hydrogen-bond donors (Lipinski definition) is 2. The molecule has 0 saturated carbocycles. The normalized spacial score (nSPS) is 13.0. The largest absolute Gasteiger partial charge is 0.497 e. The van der Waals surface area contributed by atoms with Crippen molar-refractivity contribution in [3.63, 3.8) is 0 Å². The van der Waals surface area contributed by atoms with Crippen LogP contribution in [-0.4, -0.2) is 51.0 Å². The van der Waals surface area contributed by atoms with Crippen molar-refractivity contribution in [2.24, 2.45) is 0 Å². The highest BCUT2D eigenvalue weighted by atomic mass is 28.3. The number of ether oxygens (including phenoxy) is 3. The quantitative estimate of drug-likeness (QED) is 0.423. The maximum Gasteiger partial charge on any atom is 0.408 e. The fourth-order valence-corrected chi connectivity index (χ4v) is 8.13. The first-order chi connectivity index (χ1) is 15.0. The predicted molar refractivity (Wildman–Crippen MR) is 131 cm³/mol. The number of alkyl carbamates (subject to hydrolysis) is 1. The summed E-state index contributed by atoms with van der Waals surface area (Å²) < 4.78 is 15.9. The Labute approximate surface area is 192 Å². The van der Waals surface area contributed by atoms with E-state index in [1.165, 1.54) is 12.4 Å². The molecule has 32 heavy (non-hydrogen) atoms. The molecule has 0 unspecified atom stereocenters. The van der Waals surface area contributed by atoms with Gasteiger partial charge in [0.05, 0.1) is 14.2 Å². The highest BCUT2D eigenvalue weighted by Crippen LogP contribution is 2.29. The van der Waals surface area contributed by atoms with Crippen molar-refractivity contribution >= 4 is 36.4 Å². The van der Waals surface area contributed by atoms with Gasteiger partial charge in [-0.05, 0) is 44.5 Å². The van der Waals surface area contributed by atoms with Gasteiger partial charge in [-0.15, -0.1) is 0 Å². The first-order valence-corrected chi connectivity index (χ1v) is 13.9. The van der Waals surface area contributed by atoms with Crippen molar-refractivity contribution in [3.8, 4) is 5.75 Å². The van der Waals surface area contributed by atoms with Crippen LogP contribution in [0.2, 0.25) is 18.1 Å². The topological polar surface area (TPSA) is 89.6 Å². The summed E-state index contributed by atoms with van der Waals surface area (Å²) in [5.74, 6) is 0.242. The second kappa shape index (κ2) is 10.4. The van der Waals surface area contributed by atoms with Crippen LogP contribution in [0.4, 0.5) is 4.79 Å².